The molecule has 0 spiro atoms. The van der Waals surface area contributed by atoms with Gasteiger partial charge < -0.3 is 9.47 Å². The van der Waals surface area contributed by atoms with Gasteiger partial charge in [0.1, 0.15) is 12.2 Å². The van der Waals surface area contributed by atoms with Gasteiger partial charge >= 0.3 is 0 Å². The highest BCUT2D eigenvalue weighted by Gasteiger charge is 2.24. The minimum atomic E-state index is -0.0985. The monoisotopic (exact) mass is 242 g/mol. The van der Waals surface area contributed by atoms with Gasteiger partial charge in [0, 0.05) is 14.2 Å². The van der Waals surface area contributed by atoms with E-state index in [1.165, 1.54) is 0 Å². The Hall–Kier alpha value is -1.64. The number of hydrogen-bond acceptors (Lipinski definition) is 2. The van der Waals surface area contributed by atoms with Crippen molar-refractivity contribution >= 4 is 0 Å². The lowest BCUT2D eigenvalue weighted by atomic mass is 9.98. The van der Waals surface area contributed by atoms with E-state index in [0.717, 1.165) is 11.1 Å². The lowest BCUT2D eigenvalue weighted by molar-refractivity contribution is -0.0397. The topological polar surface area (TPSA) is 18.5 Å². The second-order valence-corrected chi connectivity index (χ2v) is 4.13. The van der Waals surface area contributed by atoms with Crippen LogP contribution in [0.15, 0.2) is 60.7 Å². The van der Waals surface area contributed by atoms with Gasteiger partial charge in [-0.2, -0.15) is 0 Å². The van der Waals surface area contributed by atoms with Crippen molar-refractivity contribution in [2.75, 3.05) is 14.2 Å². The molecule has 0 unspecified atom stereocenters. The zero-order valence-corrected chi connectivity index (χ0v) is 10.7. The lowest BCUT2D eigenvalue weighted by Gasteiger charge is -2.25. The van der Waals surface area contributed by atoms with Crippen molar-refractivity contribution in [1.29, 1.82) is 0 Å². The summed E-state index contributed by atoms with van der Waals surface area (Å²) in [5.41, 5.74) is 2.24. The lowest BCUT2D eigenvalue weighted by Crippen LogP contribution is -2.15. The second kappa shape index (κ2) is 6.34. The Morgan fingerprint density at radius 3 is 1.22 bits per heavy atom. The summed E-state index contributed by atoms with van der Waals surface area (Å²) >= 11 is 0. The van der Waals surface area contributed by atoms with E-state index in [4.69, 9.17) is 9.47 Å². The third-order valence-corrected chi connectivity index (χ3v) is 3.04. The maximum absolute atomic E-state index is 5.62. The molecule has 0 saturated carbocycles. The van der Waals surface area contributed by atoms with Crippen LogP contribution in [0.25, 0.3) is 0 Å². The SMILES string of the molecule is CO[C@@H](c1ccccc1)[C@@H](OC)c1ccccc1. The number of benzene rings is 2. The van der Waals surface area contributed by atoms with Crippen LogP contribution >= 0.6 is 0 Å². The fraction of sp³-hybridized carbons (Fsp3) is 0.250. The Morgan fingerprint density at radius 2 is 0.944 bits per heavy atom. The smallest absolute Gasteiger partial charge is 0.112 e. The van der Waals surface area contributed by atoms with Gasteiger partial charge in [0.25, 0.3) is 0 Å². The van der Waals surface area contributed by atoms with Crippen molar-refractivity contribution in [2.45, 2.75) is 12.2 Å². The van der Waals surface area contributed by atoms with Crippen LogP contribution in [0.2, 0.25) is 0 Å². The molecule has 18 heavy (non-hydrogen) atoms. The fourth-order valence-corrected chi connectivity index (χ4v) is 2.15. The molecule has 2 atom stereocenters. The van der Waals surface area contributed by atoms with Crippen molar-refractivity contribution in [2.24, 2.45) is 0 Å². The number of ether oxygens (including phenoxy) is 2. The molecule has 2 heteroatoms. The summed E-state index contributed by atoms with van der Waals surface area (Å²) in [4.78, 5) is 0. The Labute approximate surface area is 108 Å². The van der Waals surface area contributed by atoms with Crippen LogP contribution in [0, 0.1) is 0 Å². The van der Waals surface area contributed by atoms with E-state index in [1.807, 2.05) is 36.4 Å². The van der Waals surface area contributed by atoms with Crippen molar-refractivity contribution in [1.82, 2.24) is 0 Å². The average Bonchev–Trinajstić information content (AvgIpc) is 2.46. The van der Waals surface area contributed by atoms with E-state index in [-0.39, 0.29) is 12.2 Å². The fourth-order valence-electron chi connectivity index (χ4n) is 2.15. The Bertz CT molecular complexity index is 408. The van der Waals surface area contributed by atoms with Gasteiger partial charge in [0.15, 0.2) is 0 Å². The van der Waals surface area contributed by atoms with Crippen LogP contribution in [0.4, 0.5) is 0 Å². The van der Waals surface area contributed by atoms with Gasteiger partial charge in [-0.25, -0.2) is 0 Å². The average molecular weight is 242 g/mol. The quantitative estimate of drug-likeness (QED) is 0.794. The molecule has 0 heterocycles. The summed E-state index contributed by atoms with van der Waals surface area (Å²) in [5.74, 6) is 0. The molecule has 2 rings (SSSR count). The molecule has 94 valence electrons. The minimum absolute atomic E-state index is 0.0985. The predicted octanol–water partition coefficient (Wildman–Crippen LogP) is 3.76. The summed E-state index contributed by atoms with van der Waals surface area (Å²) in [6.07, 6.45) is -0.197. The molecule has 0 N–H and O–H groups in total. The van der Waals surface area contributed by atoms with Crippen LogP contribution in [-0.4, -0.2) is 14.2 Å². The highest BCUT2D eigenvalue weighted by molar-refractivity contribution is 5.25. The first kappa shape index (κ1) is 12.8. The minimum Gasteiger partial charge on any atom is -0.374 e. The van der Waals surface area contributed by atoms with Crippen molar-refractivity contribution in [3.63, 3.8) is 0 Å². The zero-order valence-electron chi connectivity index (χ0n) is 10.7. The van der Waals surface area contributed by atoms with Crippen molar-refractivity contribution < 1.29 is 9.47 Å². The highest BCUT2D eigenvalue weighted by atomic mass is 16.5. The molecular weight excluding hydrogens is 224 g/mol. The van der Waals surface area contributed by atoms with E-state index in [0.29, 0.717) is 0 Å². The standard InChI is InChI=1S/C16H18O2/c1-17-15(13-9-5-3-6-10-13)16(18-2)14-11-7-4-8-12-14/h3-12,15-16H,1-2H3/t15-,16-/m0/s1. The van der Waals surface area contributed by atoms with E-state index in [9.17, 15) is 0 Å². The summed E-state index contributed by atoms with van der Waals surface area (Å²) in [6.45, 7) is 0. The molecule has 2 nitrogen and oxygen atoms in total. The molecular formula is C16H18O2. The summed E-state index contributed by atoms with van der Waals surface area (Å²) in [7, 11) is 3.43. The second-order valence-electron chi connectivity index (χ2n) is 4.13. The molecule has 0 aromatic heterocycles. The van der Waals surface area contributed by atoms with E-state index in [1.54, 1.807) is 14.2 Å². The first-order valence-corrected chi connectivity index (χ1v) is 6.02. The molecule has 2 aromatic rings. The molecule has 0 bridgehead atoms. The van der Waals surface area contributed by atoms with Crippen LogP contribution < -0.4 is 0 Å². The maximum Gasteiger partial charge on any atom is 0.112 e. The van der Waals surface area contributed by atoms with Gasteiger partial charge in [0.2, 0.25) is 0 Å². The van der Waals surface area contributed by atoms with Gasteiger partial charge in [-0.15, -0.1) is 0 Å². The van der Waals surface area contributed by atoms with Gasteiger partial charge in [0.05, 0.1) is 0 Å². The number of rotatable bonds is 5. The van der Waals surface area contributed by atoms with Crippen molar-refractivity contribution in [3.05, 3.63) is 71.8 Å². The van der Waals surface area contributed by atoms with Gasteiger partial charge in [-0.1, -0.05) is 60.7 Å². The maximum atomic E-state index is 5.62. The molecule has 0 amide bonds. The van der Waals surface area contributed by atoms with Gasteiger partial charge in [-0.3, -0.25) is 0 Å². The number of hydrogen-bond donors (Lipinski definition) is 0. The third kappa shape index (κ3) is 2.78. The van der Waals surface area contributed by atoms with Crippen LogP contribution in [0.3, 0.4) is 0 Å². The molecule has 0 aliphatic heterocycles. The summed E-state index contributed by atoms with van der Waals surface area (Å²) < 4.78 is 11.2. The first-order chi connectivity index (χ1) is 8.86. The number of methoxy groups -OCH3 is 2. The normalized spacial score (nSPS) is 14.1. The first-order valence-electron chi connectivity index (χ1n) is 6.02. The predicted molar refractivity (Wildman–Crippen MR) is 72.4 cm³/mol. The molecule has 0 fully saturated rings. The largest absolute Gasteiger partial charge is 0.374 e. The van der Waals surface area contributed by atoms with Crippen LogP contribution in [0.1, 0.15) is 23.3 Å². The van der Waals surface area contributed by atoms with Gasteiger partial charge in [-0.05, 0) is 11.1 Å². The molecule has 0 radical (unpaired) electrons. The zero-order chi connectivity index (χ0) is 12.8. The molecule has 2 aromatic carbocycles. The molecule has 0 saturated heterocycles. The molecule has 0 aliphatic rings. The van der Waals surface area contributed by atoms with Crippen molar-refractivity contribution in [3.8, 4) is 0 Å². The Balaban J connectivity index is 2.31. The van der Waals surface area contributed by atoms with Crippen LogP contribution in [-0.2, 0) is 9.47 Å². The molecule has 0 aliphatic carbocycles. The Morgan fingerprint density at radius 1 is 0.611 bits per heavy atom. The highest BCUT2D eigenvalue weighted by Crippen LogP contribution is 2.33. The van der Waals surface area contributed by atoms with Crippen LogP contribution in [0.5, 0.6) is 0 Å². The third-order valence-electron chi connectivity index (χ3n) is 3.04. The summed E-state index contributed by atoms with van der Waals surface area (Å²) in [5, 5.41) is 0. The Kier molecular flexibility index (Phi) is 4.51. The van der Waals surface area contributed by atoms with E-state index >= 15 is 0 Å². The summed E-state index contributed by atoms with van der Waals surface area (Å²) in [6, 6.07) is 20.3. The van der Waals surface area contributed by atoms with E-state index in [2.05, 4.69) is 24.3 Å². The van der Waals surface area contributed by atoms with E-state index < -0.39 is 0 Å².